The number of nitrogens with zero attached hydrogens (tertiary/aromatic N) is 2. The van der Waals surface area contributed by atoms with Crippen LogP contribution >= 0.6 is 11.8 Å². The van der Waals surface area contributed by atoms with Crippen LogP contribution in [0.4, 0.5) is 0 Å². The van der Waals surface area contributed by atoms with Crippen LogP contribution in [-0.2, 0) is 9.63 Å². The number of aliphatic imine (C=N–C) groups is 1. The van der Waals surface area contributed by atoms with Crippen molar-refractivity contribution in [2.45, 2.75) is 45.2 Å². The zero-order valence-corrected chi connectivity index (χ0v) is 17.8. The number of thioether (sulfide) groups is 1. The third kappa shape index (κ3) is 5.87. The van der Waals surface area contributed by atoms with Gasteiger partial charge in [-0.3, -0.25) is 9.79 Å². The number of carbonyl (C=O) groups excluding carboxylic acids is 1. The van der Waals surface area contributed by atoms with Gasteiger partial charge in [0.05, 0.1) is 19.2 Å². The van der Waals surface area contributed by atoms with Crippen molar-refractivity contribution in [1.82, 2.24) is 5.32 Å². The topological polar surface area (TPSA) is 102 Å². The van der Waals surface area contributed by atoms with Gasteiger partial charge in [0.15, 0.2) is 6.61 Å². The highest BCUT2D eigenvalue weighted by molar-refractivity contribution is 8.16. The van der Waals surface area contributed by atoms with E-state index in [4.69, 9.17) is 20.4 Å². The fourth-order valence-electron chi connectivity index (χ4n) is 2.66. The van der Waals surface area contributed by atoms with E-state index < -0.39 is 17.2 Å². The summed E-state index contributed by atoms with van der Waals surface area (Å²) < 4.78 is 10.4. The molecular formula is C20H25N3O5S. The minimum absolute atomic E-state index is 0.0669. The van der Waals surface area contributed by atoms with Gasteiger partial charge in [0.2, 0.25) is 5.91 Å². The van der Waals surface area contributed by atoms with Gasteiger partial charge < -0.3 is 19.3 Å². The standard InChI is InChI=1S/C20H25N3O5S/c1-6-8-15(16-10-14(26-5)11-17(24)28-16)21-19(25)20(4)12-29-18(22-20)13(3)23-27-9-7-2/h2,10-11,15H,6,8-9,12H2,1,3-5H3,(H,21,25)/b23-13+/t15-,20+/m1/s1. The first-order valence-corrected chi connectivity index (χ1v) is 10.1. The van der Waals surface area contributed by atoms with Crippen LogP contribution in [0.5, 0.6) is 5.75 Å². The fraction of sp³-hybridized carbons (Fsp3) is 0.500. The molecule has 1 aliphatic heterocycles. The average Bonchev–Trinajstić information content (AvgIpc) is 3.11. The monoisotopic (exact) mass is 419 g/mol. The van der Waals surface area contributed by atoms with Crippen molar-refractivity contribution in [3.05, 3.63) is 28.3 Å². The molecule has 1 amide bonds. The second-order valence-corrected chi connectivity index (χ2v) is 7.63. The largest absolute Gasteiger partial charge is 0.496 e. The van der Waals surface area contributed by atoms with Gasteiger partial charge in [0.25, 0.3) is 0 Å². The molecule has 0 radical (unpaired) electrons. The number of methoxy groups -OCH3 is 1. The normalized spacial score (nSPS) is 19.8. The summed E-state index contributed by atoms with van der Waals surface area (Å²) in [6.45, 7) is 5.55. The molecule has 29 heavy (non-hydrogen) atoms. The number of terminal acetylenes is 1. The SMILES string of the molecule is C#CCO/N=C(\C)C1=N[C@](C)(C(=O)N[C@H](CCC)c2cc(OC)cc(=O)o2)CS1. The lowest BCUT2D eigenvalue weighted by atomic mass is 10.0. The molecule has 2 rings (SSSR count). The van der Waals surface area contributed by atoms with E-state index in [2.05, 4.69) is 21.4 Å². The number of oxime groups is 1. The minimum atomic E-state index is -0.978. The first-order valence-electron chi connectivity index (χ1n) is 9.16. The van der Waals surface area contributed by atoms with Crippen molar-refractivity contribution in [3.8, 4) is 18.1 Å². The number of hydrogen-bond acceptors (Lipinski definition) is 8. The fourth-order valence-corrected chi connectivity index (χ4v) is 3.78. The van der Waals surface area contributed by atoms with Crippen molar-refractivity contribution >= 4 is 28.4 Å². The van der Waals surface area contributed by atoms with Crippen LogP contribution in [0.3, 0.4) is 0 Å². The smallest absolute Gasteiger partial charge is 0.339 e. The summed E-state index contributed by atoms with van der Waals surface area (Å²) in [5, 5.41) is 7.50. The van der Waals surface area contributed by atoms with E-state index in [1.54, 1.807) is 19.9 Å². The van der Waals surface area contributed by atoms with E-state index in [0.29, 0.717) is 34.4 Å². The lowest BCUT2D eigenvalue weighted by molar-refractivity contribution is -0.125. The quantitative estimate of drug-likeness (QED) is 0.286. The van der Waals surface area contributed by atoms with E-state index in [1.165, 1.54) is 24.9 Å². The Morgan fingerprint density at radius 1 is 1.55 bits per heavy atom. The molecule has 0 unspecified atom stereocenters. The molecule has 2 heterocycles. The molecule has 1 aromatic heterocycles. The van der Waals surface area contributed by atoms with E-state index in [9.17, 15) is 9.59 Å². The Bertz CT molecular complexity index is 902. The summed E-state index contributed by atoms with van der Waals surface area (Å²) in [5.41, 5.74) is -0.948. The molecule has 0 bridgehead atoms. The van der Waals surface area contributed by atoms with E-state index in [1.807, 2.05) is 6.92 Å². The predicted octanol–water partition coefficient (Wildman–Crippen LogP) is 2.54. The third-order valence-electron chi connectivity index (χ3n) is 4.21. The van der Waals surface area contributed by atoms with Gasteiger partial charge in [-0.25, -0.2) is 4.79 Å². The number of rotatable bonds is 9. The van der Waals surface area contributed by atoms with E-state index >= 15 is 0 Å². The van der Waals surface area contributed by atoms with Crippen molar-refractivity contribution in [3.63, 3.8) is 0 Å². The number of amides is 1. The summed E-state index contributed by atoms with van der Waals surface area (Å²) in [4.78, 5) is 34.3. The van der Waals surface area contributed by atoms with Crippen molar-refractivity contribution in [2.24, 2.45) is 10.1 Å². The molecule has 0 saturated heterocycles. The highest BCUT2D eigenvalue weighted by Crippen LogP contribution is 2.30. The second kappa shape index (κ2) is 10.2. The molecule has 0 aromatic carbocycles. The first-order chi connectivity index (χ1) is 13.8. The Balaban J connectivity index is 2.20. The predicted molar refractivity (Wildman–Crippen MR) is 114 cm³/mol. The molecule has 0 fully saturated rings. The van der Waals surface area contributed by atoms with Gasteiger partial charge in [0, 0.05) is 11.8 Å². The van der Waals surface area contributed by atoms with Gasteiger partial charge in [0.1, 0.15) is 27.8 Å². The average molecular weight is 420 g/mol. The van der Waals surface area contributed by atoms with Crippen LogP contribution in [0.15, 0.2) is 31.5 Å². The molecule has 1 aromatic rings. The number of nitrogens with one attached hydrogen (secondary N) is 1. The molecule has 0 spiro atoms. The zero-order valence-electron chi connectivity index (χ0n) is 17.0. The van der Waals surface area contributed by atoms with Crippen LogP contribution in [0.2, 0.25) is 0 Å². The number of carbonyl (C=O) groups is 1. The van der Waals surface area contributed by atoms with Gasteiger partial charge in [-0.1, -0.05) is 24.4 Å². The Labute approximate surface area is 174 Å². The summed E-state index contributed by atoms with van der Waals surface area (Å²) >= 11 is 1.42. The number of ether oxygens (including phenoxy) is 1. The van der Waals surface area contributed by atoms with Crippen molar-refractivity contribution in [1.29, 1.82) is 0 Å². The number of hydrogen-bond donors (Lipinski definition) is 1. The van der Waals surface area contributed by atoms with Gasteiger partial charge in [-0.15, -0.1) is 18.2 Å². The molecule has 8 nitrogen and oxygen atoms in total. The summed E-state index contributed by atoms with van der Waals surface area (Å²) in [6, 6.07) is 2.40. The summed E-state index contributed by atoms with van der Waals surface area (Å²) in [5.74, 6) is 3.25. The minimum Gasteiger partial charge on any atom is -0.496 e. The maximum atomic E-state index is 13.0. The Hall–Kier alpha value is -2.73. The summed E-state index contributed by atoms with van der Waals surface area (Å²) in [7, 11) is 1.47. The third-order valence-corrected chi connectivity index (χ3v) is 5.58. The van der Waals surface area contributed by atoms with Crippen molar-refractivity contribution < 1.29 is 18.8 Å². The highest BCUT2D eigenvalue weighted by Gasteiger charge is 2.40. The lowest BCUT2D eigenvalue weighted by Gasteiger charge is -2.24. The van der Waals surface area contributed by atoms with Gasteiger partial charge in [-0.05, 0) is 20.3 Å². The van der Waals surface area contributed by atoms with Crippen LogP contribution in [0.1, 0.15) is 45.4 Å². The molecule has 2 atom stereocenters. The molecule has 1 N–H and O–H groups in total. The van der Waals surface area contributed by atoms with Crippen LogP contribution < -0.4 is 15.7 Å². The van der Waals surface area contributed by atoms with Gasteiger partial charge in [-0.2, -0.15) is 0 Å². The Morgan fingerprint density at radius 2 is 2.31 bits per heavy atom. The Morgan fingerprint density at radius 3 is 2.97 bits per heavy atom. The van der Waals surface area contributed by atoms with Crippen LogP contribution in [0.25, 0.3) is 0 Å². The van der Waals surface area contributed by atoms with Gasteiger partial charge >= 0.3 is 5.63 Å². The molecule has 9 heteroatoms. The van der Waals surface area contributed by atoms with E-state index in [0.717, 1.165) is 6.42 Å². The van der Waals surface area contributed by atoms with Crippen LogP contribution in [0, 0.1) is 12.3 Å². The molecule has 0 aliphatic carbocycles. The molecular weight excluding hydrogens is 394 g/mol. The first kappa shape index (κ1) is 22.6. The maximum absolute atomic E-state index is 13.0. The molecule has 0 saturated carbocycles. The lowest BCUT2D eigenvalue weighted by Crippen LogP contribution is -2.45. The van der Waals surface area contributed by atoms with Crippen LogP contribution in [-0.4, -0.2) is 41.7 Å². The van der Waals surface area contributed by atoms with Crippen molar-refractivity contribution in [2.75, 3.05) is 19.5 Å². The molecule has 1 aliphatic rings. The Kier molecular flexibility index (Phi) is 7.91. The summed E-state index contributed by atoms with van der Waals surface area (Å²) in [6.07, 6.45) is 6.51. The van der Waals surface area contributed by atoms with E-state index in [-0.39, 0.29) is 12.5 Å². The molecule has 156 valence electrons. The zero-order chi connectivity index (χ0) is 21.4. The highest BCUT2D eigenvalue weighted by atomic mass is 32.2. The second-order valence-electron chi connectivity index (χ2n) is 6.67. The maximum Gasteiger partial charge on any atom is 0.339 e.